The molecular formula is C22H13F3N2O2. The number of hydrogen-bond donors (Lipinski definition) is 1. The van der Waals surface area contributed by atoms with Crippen LogP contribution < -0.4 is 5.32 Å². The Morgan fingerprint density at radius 2 is 1.48 bits per heavy atom. The molecule has 0 saturated carbocycles. The summed E-state index contributed by atoms with van der Waals surface area (Å²) in [5, 5.41) is 3.58. The molecule has 0 saturated heterocycles. The van der Waals surface area contributed by atoms with Crippen LogP contribution in [-0.2, 0) is 13.2 Å². The van der Waals surface area contributed by atoms with E-state index in [-0.39, 0.29) is 22.3 Å². The Morgan fingerprint density at radius 3 is 2.24 bits per heavy atom. The number of alkyl halides is 3. The zero-order valence-corrected chi connectivity index (χ0v) is 15.1. The molecule has 29 heavy (non-hydrogen) atoms. The van der Waals surface area contributed by atoms with Crippen LogP contribution in [0.3, 0.4) is 0 Å². The van der Waals surface area contributed by atoms with Crippen molar-refractivity contribution >= 4 is 33.6 Å². The van der Waals surface area contributed by atoms with Crippen LogP contribution in [0.1, 0.15) is 26.3 Å². The summed E-state index contributed by atoms with van der Waals surface area (Å²) in [6, 6.07) is 14.0. The van der Waals surface area contributed by atoms with Crippen LogP contribution in [0, 0.1) is 0 Å². The van der Waals surface area contributed by atoms with E-state index in [0.717, 1.165) is 17.0 Å². The van der Waals surface area contributed by atoms with Crippen LogP contribution in [0.15, 0.2) is 54.6 Å². The molecule has 0 spiro atoms. The molecule has 4 nitrogen and oxygen atoms in total. The van der Waals surface area contributed by atoms with Crippen LogP contribution in [0.2, 0.25) is 0 Å². The van der Waals surface area contributed by atoms with Gasteiger partial charge in [-0.05, 0) is 29.3 Å². The molecule has 0 bridgehead atoms. The molecule has 0 fully saturated rings. The third-order valence-electron chi connectivity index (χ3n) is 5.41. The number of amides is 2. The summed E-state index contributed by atoms with van der Waals surface area (Å²) in [4.78, 5) is 25.2. The van der Waals surface area contributed by atoms with Crippen molar-refractivity contribution in [1.82, 2.24) is 9.88 Å². The number of nitrogens with one attached hydrogen (secondary N) is 1. The monoisotopic (exact) mass is 394 g/mol. The Balaban J connectivity index is 2.00. The van der Waals surface area contributed by atoms with Gasteiger partial charge < -0.3 is 4.57 Å². The Hall–Kier alpha value is -3.61. The van der Waals surface area contributed by atoms with Gasteiger partial charge in [-0.15, -0.1) is 0 Å². The molecule has 1 aliphatic heterocycles. The van der Waals surface area contributed by atoms with Crippen LogP contribution in [0.25, 0.3) is 32.9 Å². The van der Waals surface area contributed by atoms with E-state index in [1.165, 1.54) is 18.2 Å². The molecule has 7 heteroatoms. The van der Waals surface area contributed by atoms with Crippen molar-refractivity contribution in [3.05, 3.63) is 71.3 Å². The van der Waals surface area contributed by atoms with E-state index in [1.807, 2.05) is 28.8 Å². The number of carbonyl (C=O) groups is 2. The molecule has 0 unspecified atom stereocenters. The zero-order chi connectivity index (χ0) is 20.5. The predicted octanol–water partition coefficient (Wildman–Crippen LogP) is 4.90. The molecule has 3 aromatic carbocycles. The van der Waals surface area contributed by atoms with Gasteiger partial charge in [-0.2, -0.15) is 13.2 Å². The molecule has 1 N–H and O–H groups in total. The summed E-state index contributed by atoms with van der Waals surface area (Å²) in [5.41, 5.74) is 0.613. The second-order valence-corrected chi connectivity index (χ2v) is 6.97. The Bertz CT molecular complexity index is 1370. The maximum Gasteiger partial charge on any atom is 0.417 e. The fourth-order valence-electron chi connectivity index (χ4n) is 4.18. The predicted molar refractivity (Wildman–Crippen MR) is 103 cm³/mol. The molecule has 144 valence electrons. The Labute approximate surface area is 162 Å². The van der Waals surface area contributed by atoms with Gasteiger partial charge in [0.05, 0.1) is 22.2 Å². The third kappa shape index (κ3) is 2.33. The van der Waals surface area contributed by atoms with E-state index in [9.17, 15) is 22.8 Å². The molecule has 2 heterocycles. The second kappa shape index (κ2) is 5.70. The summed E-state index contributed by atoms with van der Waals surface area (Å²) < 4.78 is 42.8. The SMILES string of the molecule is Cn1c2ccccc2c2c3c(c(-c4ccccc4C(F)(F)F)cc21)C(=O)NC3=O. The van der Waals surface area contributed by atoms with Crippen molar-refractivity contribution in [1.29, 1.82) is 0 Å². The molecular weight excluding hydrogens is 381 g/mol. The van der Waals surface area contributed by atoms with Crippen LogP contribution in [0.5, 0.6) is 0 Å². The molecule has 2 amide bonds. The number of nitrogens with zero attached hydrogens (tertiary/aromatic N) is 1. The average Bonchev–Trinajstić information content (AvgIpc) is 3.15. The number of hydrogen-bond acceptors (Lipinski definition) is 2. The topological polar surface area (TPSA) is 51.1 Å². The average molecular weight is 394 g/mol. The number of para-hydroxylation sites is 1. The quantitative estimate of drug-likeness (QED) is 0.467. The van der Waals surface area contributed by atoms with Gasteiger partial charge in [0.15, 0.2) is 0 Å². The summed E-state index contributed by atoms with van der Waals surface area (Å²) in [5.74, 6) is -1.29. The summed E-state index contributed by atoms with van der Waals surface area (Å²) >= 11 is 0. The van der Waals surface area contributed by atoms with Gasteiger partial charge in [0, 0.05) is 23.3 Å². The number of fused-ring (bicyclic) bond motifs is 5. The maximum absolute atomic E-state index is 13.6. The van der Waals surface area contributed by atoms with E-state index >= 15 is 0 Å². The van der Waals surface area contributed by atoms with E-state index in [4.69, 9.17) is 0 Å². The highest BCUT2D eigenvalue weighted by atomic mass is 19.4. The van der Waals surface area contributed by atoms with E-state index < -0.39 is 23.6 Å². The number of imide groups is 1. The van der Waals surface area contributed by atoms with Gasteiger partial charge in [-0.25, -0.2) is 0 Å². The highest BCUT2D eigenvalue weighted by Crippen LogP contribution is 2.43. The van der Waals surface area contributed by atoms with Gasteiger partial charge in [0.1, 0.15) is 0 Å². The summed E-state index contributed by atoms with van der Waals surface area (Å²) in [6.07, 6.45) is -4.60. The first-order valence-electron chi connectivity index (χ1n) is 8.85. The van der Waals surface area contributed by atoms with Crippen molar-refractivity contribution in [3.8, 4) is 11.1 Å². The minimum absolute atomic E-state index is 0.0180. The second-order valence-electron chi connectivity index (χ2n) is 6.97. The highest BCUT2D eigenvalue weighted by Gasteiger charge is 2.38. The first-order valence-corrected chi connectivity index (χ1v) is 8.85. The lowest BCUT2D eigenvalue weighted by molar-refractivity contribution is -0.137. The molecule has 0 aliphatic carbocycles. The van der Waals surface area contributed by atoms with Crippen molar-refractivity contribution in [2.45, 2.75) is 6.18 Å². The third-order valence-corrected chi connectivity index (χ3v) is 5.41. The smallest absolute Gasteiger partial charge is 0.344 e. The first kappa shape index (κ1) is 17.5. The molecule has 1 aliphatic rings. The van der Waals surface area contributed by atoms with Gasteiger partial charge in [-0.3, -0.25) is 14.9 Å². The minimum atomic E-state index is -4.60. The standard InChI is InChI=1S/C22H13F3N2O2/c1-27-15-9-5-3-7-12(15)17-16(27)10-13(18-19(17)21(29)26-20(18)28)11-6-2-4-8-14(11)22(23,24)25/h2-10H,1H3,(H,26,28,29). The van der Waals surface area contributed by atoms with Crippen molar-refractivity contribution in [2.75, 3.05) is 0 Å². The van der Waals surface area contributed by atoms with Crippen LogP contribution in [0.4, 0.5) is 13.2 Å². The van der Waals surface area contributed by atoms with Gasteiger partial charge in [0.2, 0.25) is 0 Å². The number of halogens is 3. The number of carbonyl (C=O) groups excluding carboxylic acids is 2. The molecule has 0 radical (unpaired) electrons. The summed E-state index contributed by atoms with van der Waals surface area (Å²) in [6.45, 7) is 0. The van der Waals surface area contributed by atoms with Gasteiger partial charge >= 0.3 is 6.18 Å². The molecule has 4 aromatic rings. The number of aromatic nitrogens is 1. The lowest BCUT2D eigenvalue weighted by Crippen LogP contribution is -2.20. The Kier molecular flexibility index (Phi) is 3.44. The maximum atomic E-state index is 13.6. The Morgan fingerprint density at radius 1 is 0.828 bits per heavy atom. The number of rotatable bonds is 1. The molecule has 0 atom stereocenters. The highest BCUT2D eigenvalue weighted by molar-refractivity contribution is 6.32. The van der Waals surface area contributed by atoms with E-state index in [0.29, 0.717) is 10.9 Å². The van der Waals surface area contributed by atoms with Crippen molar-refractivity contribution < 1.29 is 22.8 Å². The largest absolute Gasteiger partial charge is 0.417 e. The minimum Gasteiger partial charge on any atom is -0.344 e. The van der Waals surface area contributed by atoms with Crippen LogP contribution >= 0.6 is 0 Å². The zero-order valence-electron chi connectivity index (χ0n) is 15.1. The van der Waals surface area contributed by atoms with Crippen molar-refractivity contribution in [3.63, 3.8) is 0 Å². The first-order chi connectivity index (χ1) is 13.8. The normalized spacial score (nSPS) is 13.9. The lowest BCUT2D eigenvalue weighted by atomic mass is 9.90. The van der Waals surface area contributed by atoms with E-state index in [2.05, 4.69) is 5.32 Å². The number of benzene rings is 3. The summed E-state index contributed by atoms with van der Waals surface area (Å²) in [7, 11) is 1.78. The molecule has 5 rings (SSSR count). The lowest BCUT2D eigenvalue weighted by Gasteiger charge is -2.15. The number of aryl methyl sites for hydroxylation is 1. The van der Waals surface area contributed by atoms with Gasteiger partial charge in [-0.1, -0.05) is 36.4 Å². The van der Waals surface area contributed by atoms with Crippen molar-refractivity contribution in [2.24, 2.45) is 7.05 Å². The van der Waals surface area contributed by atoms with Crippen LogP contribution in [-0.4, -0.2) is 16.4 Å². The van der Waals surface area contributed by atoms with E-state index in [1.54, 1.807) is 13.1 Å². The van der Waals surface area contributed by atoms with Gasteiger partial charge in [0.25, 0.3) is 11.8 Å². The fraction of sp³-hybridized carbons (Fsp3) is 0.0909. The fourth-order valence-corrected chi connectivity index (χ4v) is 4.18. The molecule has 1 aromatic heterocycles.